The van der Waals surface area contributed by atoms with E-state index in [4.69, 9.17) is 4.74 Å². The largest absolute Gasteiger partial charge is 0.497 e. The quantitative estimate of drug-likeness (QED) is 0.687. The van der Waals surface area contributed by atoms with Gasteiger partial charge >= 0.3 is 0 Å². The Kier molecular flexibility index (Phi) is 8.04. The van der Waals surface area contributed by atoms with Crippen molar-refractivity contribution in [1.29, 1.82) is 0 Å². The van der Waals surface area contributed by atoms with Crippen molar-refractivity contribution in [3.63, 3.8) is 0 Å². The summed E-state index contributed by atoms with van der Waals surface area (Å²) in [7, 11) is 1.59. The minimum atomic E-state index is -0.702. The summed E-state index contributed by atoms with van der Waals surface area (Å²) in [5, 5.41) is 3.09. The summed E-state index contributed by atoms with van der Waals surface area (Å²) in [4.78, 5) is 27.6. The average molecular weight is 427 g/mol. The third-order valence-electron chi connectivity index (χ3n) is 5.93. The van der Waals surface area contributed by atoms with Crippen molar-refractivity contribution in [3.05, 3.63) is 65.5 Å². The van der Waals surface area contributed by atoms with Crippen LogP contribution in [0.4, 0.5) is 4.39 Å². The number of hydrogen-bond donors (Lipinski definition) is 1. The van der Waals surface area contributed by atoms with Gasteiger partial charge in [-0.3, -0.25) is 9.59 Å². The molecule has 3 rings (SSSR count). The first-order chi connectivity index (χ1) is 15.0. The fourth-order valence-corrected chi connectivity index (χ4v) is 3.98. The predicted octanol–water partition coefficient (Wildman–Crippen LogP) is 4.24. The van der Waals surface area contributed by atoms with E-state index in [-0.39, 0.29) is 36.6 Å². The van der Waals surface area contributed by atoms with Crippen molar-refractivity contribution < 1.29 is 18.7 Å². The van der Waals surface area contributed by atoms with E-state index in [0.717, 1.165) is 31.2 Å². The Bertz CT molecular complexity index is 879. The molecule has 0 heterocycles. The number of carbonyl (C=O) groups is 2. The van der Waals surface area contributed by atoms with Crippen LogP contribution in [0, 0.1) is 5.82 Å². The van der Waals surface area contributed by atoms with Gasteiger partial charge in [0.15, 0.2) is 0 Å². The van der Waals surface area contributed by atoms with Crippen LogP contribution in [0.2, 0.25) is 0 Å². The minimum absolute atomic E-state index is 0.0426. The number of nitrogens with zero attached hydrogens (tertiary/aromatic N) is 1. The Hall–Kier alpha value is -2.89. The first kappa shape index (κ1) is 22.8. The Morgan fingerprint density at radius 1 is 1.10 bits per heavy atom. The van der Waals surface area contributed by atoms with Crippen molar-refractivity contribution in [2.45, 2.75) is 64.1 Å². The first-order valence-electron chi connectivity index (χ1n) is 10.9. The van der Waals surface area contributed by atoms with Gasteiger partial charge in [0, 0.05) is 18.2 Å². The Morgan fingerprint density at radius 2 is 1.77 bits per heavy atom. The molecule has 0 unspecified atom stereocenters. The lowest BCUT2D eigenvalue weighted by atomic mass is 9.95. The van der Waals surface area contributed by atoms with Gasteiger partial charge in [-0.25, -0.2) is 4.39 Å². The molecule has 0 radical (unpaired) electrons. The average Bonchev–Trinajstić information content (AvgIpc) is 2.79. The number of ether oxygens (including phenoxy) is 1. The van der Waals surface area contributed by atoms with Gasteiger partial charge in [-0.2, -0.15) is 0 Å². The van der Waals surface area contributed by atoms with Crippen LogP contribution in [-0.2, 0) is 22.6 Å². The van der Waals surface area contributed by atoms with E-state index in [0.29, 0.717) is 11.3 Å². The maximum atomic E-state index is 14.3. The van der Waals surface area contributed by atoms with E-state index in [1.165, 1.54) is 17.4 Å². The van der Waals surface area contributed by atoms with E-state index in [9.17, 15) is 14.0 Å². The van der Waals surface area contributed by atoms with Crippen molar-refractivity contribution in [2.24, 2.45) is 0 Å². The maximum Gasteiger partial charge on any atom is 0.242 e. The summed E-state index contributed by atoms with van der Waals surface area (Å²) in [6, 6.07) is 13.0. The number of halogens is 1. The number of benzene rings is 2. The molecule has 2 aromatic rings. The molecule has 1 aliphatic carbocycles. The lowest BCUT2D eigenvalue weighted by molar-refractivity contribution is -0.140. The molecule has 1 N–H and O–H groups in total. The molecular formula is C25H31FN2O3. The highest BCUT2D eigenvalue weighted by Gasteiger charge is 2.28. The van der Waals surface area contributed by atoms with Gasteiger partial charge in [-0.05, 0) is 43.5 Å². The standard InChI is InChI=1S/C25H31FN2O3/c1-18(25(30)27-21-9-4-3-5-10-21)28(17-20-8-6-7-11-23(20)26)24(29)16-19-12-14-22(31-2)15-13-19/h6-8,11-15,18,21H,3-5,9-10,16-17H2,1-2H3,(H,27,30)/t18-/m1/s1. The number of methoxy groups -OCH3 is 1. The summed E-state index contributed by atoms with van der Waals surface area (Å²) in [6.07, 6.45) is 5.46. The zero-order valence-corrected chi connectivity index (χ0v) is 18.3. The molecule has 6 heteroatoms. The van der Waals surface area contributed by atoms with Gasteiger partial charge in [0.1, 0.15) is 17.6 Å². The SMILES string of the molecule is COc1ccc(CC(=O)N(Cc2ccccc2F)[C@H](C)C(=O)NC2CCCCC2)cc1. The van der Waals surface area contributed by atoms with Crippen LogP contribution in [-0.4, -0.2) is 35.9 Å². The van der Waals surface area contributed by atoms with Crippen LogP contribution in [0.5, 0.6) is 5.75 Å². The smallest absolute Gasteiger partial charge is 0.242 e. The Labute approximate surface area is 183 Å². The fourth-order valence-electron chi connectivity index (χ4n) is 3.98. The normalized spacial score (nSPS) is 15.2. The second-order valence-corrected chi connectivity index (χ2v) is 8.16. The highest BCUT2D eigenvalue weighted by molar-refractivity contribution is 5.88. The summed E-state index contributed by atoms with van der Waals surface area (Å²) in [6.45, 7) is 1.76. The lowest BCUT2D eigenvalue weighted by Gasteiger charge is -2.31. The molecule has 0 spiro atoms. The Balaban J connectivity index is 1.76. The second-order valence-electron chi connectivity index (χ2n) is 8.16. The third kappa shape index (κ3) is 6.29. The van der Waals surface area contributed by atoms with Crippen LogP contribution >= 0.6 is 0 Å². The van der Waals surface area contributed by atoms with Gasteiger partial charge in [-0.15, -0.1) is 0 Å². The highest BCUT2D eigenvalue weighted by Crippen LogP contribution is 2.19. The molecule has 0 saturated heterocycles. The van der Waals surface area contributed by atoms with Crippen LogP contribution in [0.1, 0.15) is 50.2 Å². The second kappa shape index (κ2) is 10.9. The molecule has 31 heavy (non-hydrogen) atoms. The van der Waals surface area contributed by atoms with Gasteiger partial charge in [0.2, 0.25) is 11.8 Å². The van der Waals surface area contributed by atoms with Crippen molar-refractivity contribution in [1.82, 2.24) is 10.2 Å². The molecule has 0 bridgehead atoms. The van der Waals surface area contributed by atoms with E-state index >= 15 is 0 Å². The van der Waals surface area contributed by atoms with Crippen molar-refractivity contribution in [2.75, 3.05) is 7.11 Å². The zero-order chi connectivity index (χ0) is 22.2. The van der Waals surface area contributed by atoms with Crippen LogP contribution in [0.15, 0.2) is 48.5 Å². The molecule has 5 nitrogen and oxygen atoms in total. The van der Waals surface area contributed by atoms with Crippen LogP contribution in [0.3, 0.4) is 0 Å². The summed E-state index contributed by atoms with van der Waals surface area (Å²) < 4.78 is 19.5. The molecular weight excluding hydrogens is 395 g/mol. The summed E-state index contributed by atoms with van der Waals surface area (Å²) in [5.74, 6) is -0.0877. The molecule has 2 amide bonds. The van der Waals surface area contributed by atoms with Crippen LogP contribution in [0.25, 0.3) is 0 Å². The van der Waals surface area contributed by atoms with E-state index in [2.05, 4.69) is 5.32 Å². The third-order valence-corrected chi connectivity index (χ3v) is 5.93. The zero-order valence-electron chi connectivity index (χ0n) is 18.3. The van der Waals surface area contributed by atoms with Crippen LogP contribution < -0.4 is 10.1 Å². The molecule has 1 atom stereocenters. The first-order valence-corrected chi connectivity index (χ1v) is 10.9. The highest BCUT2D eigenvalue weighted by atomic mass is 19.1. The maximum absolute atomic E-state index is 14.3. The number of nitrogens with one attached hydrogen (secondary N) is 1. The van der Waals surface area contributed by atoms with E-state index in [1.54, 1.807) is 44.4 Å². The number of carbonyl (C=O) groups excluding carboxylic acids is 2. The molecule has 0 aromatic heterocycles. The lowest BCUT2D eigenvalue weighted by Crippen LogP contribution is -2.50. The molecule has 166 valence electrons. The molecule has 0 aliphatic heterocycles. The van der Waals surface area contributed by atoms with Gasteiger partial charge < -0.3 is 15.0 Å². The summed E-state index contributed by atoms with van der Waals surface area (Å²) >= 11 is 0. The van der Waals surface area contributed by atoms with Gasteiger partial charge in [0.25, 0.3) is 0 Å². The fraction of sp³-hybridized carbons (Fsp3) is 0.440. The van der Waals surface area contributed by atoms with Gasteiger partial charge in [0.05, 0.1) is 13.5 Å². The minimum Gasteiger partial charge on any atom is -0.497 e. The molecule has 2 aromatic carbocycles. The topological polar surface area (TPSA) is 58.6 Å². The number of hydrogen-bond acceptors (Lipinski definition) is 3. The number of rotatable bonds is 8. The molecule has 1 saturated carbocycles. The summed E-state index contributed by atoms with van der Waals surface area (Å²) in [5.41, 5.74) is 1.20. The predicted molar refractivity (Wildman–Crippen MR) is 118 cm³/mol. The van der Waals surface area contributed by atoms with Crippen molar-refractivity contribution >= 4 is 11.8 Å². The van der Waals surface area contributed by atoms with E-state index < -0.39 is 6.04 Å². The van der Waals surface area contributed by atoms with E-state index in [1.807, 2.05) is 12.1 Å². The molecule has 1 fully saturated rings. The molecule has 1 aliphatic rings. The van der Waals surface area contributed by atoms with Crippen molar-refractivity contribution in [3.8, 4) is 5.75 Å². The monoisotopic (exact) mass is 426 g/mol. The van der Waals surface area contributed by atoms with Gasteiger partial charge in [-0.1, -0.05) is 49.6 Å². The number of amides is 2. The Morgan fingerprint density at radius 3 is 2.42 bits per heavy atom.